The van der Waals surface area contributed by atoms with Crippen molar-refractivity contribution in [1.82, 2.24) is 0 Å². The van der Waals surface area contributed by atoms with Gasteiger partial charge in [-0.15, -0.1) is 0 Å². The Morgan fingerprint density at radius 1 is 1.17 bits per heavy atom. The Labute approximate surface area is 80.4 Å². The number of aliphatic hydroxyl groups is 4. The van der Waals surface area contributed by atoms with Crippen molar-refractivity contribution < 1.29 is 42.2 Å². The van der Waals surface area contributed by atoms with Gasteiger partial charge in [0.15, 0.2) is 0 Å². The molecule has 0 spiro atoms. The van der Waals surface area contributed by atoms with E-state index in [1.807, 2.05) is 0 Å². The largest absolute Gasteiger partial charge is 0.544 e. The van der Waals surface area contributed by atoms with Crippen LogP contribution in [0.5, 0.6) is 0 Å². The summed E-state index contributed by atoms with van der Waals surface area (Å²) in [6.45, 7) is 0.611. The molecule has 4 atom stereocenters. The number of hydrogen-bond acceptors (Lipinski definition) is 5. The summed E-state index contributed by atoms with van der Waals surface area (Å²) >= 11 is 0. The van der Waals surface area contributed by atoms with Gasteiger partial charge >= 0.3 is 0 Å². The summed E-state index contributed by atoms with van der Waals surface area (Å²) in [7, 11) is 0. The standard InChI is InChI=1S/C6H11O5.Fe/c7-1-4-6(10)5(9)3(8)2-11-4;/h2-10H,1H2;/q-1;/t3-,4+,5+,6+;/m0./s1. The molecule has 0 aromatic heterocycles. The average Bonchev–Trinajstić information content (AvgIpc) is 2.01. The fraction of sp³-hybridized carbons (Fsp3) is 0.833. The zero-order valence-corrected chi connectivity index (χ0v) is 7.25. The molecule has 0 saturated carbocycles. The van der Waals surface area contributed by atoms with E-state index in [2.05, 4.69) is 4.74 Å². The summed E-state index contributed by atoms with van der Waals surface area (Å²) in [4.78, 5) is 0. The minimum atomic E-state index is -1.28. The Kier molecular flexibility index (Phi) is 5.27. The fourth-order valence-corrected chi connectivity index (χ4v) is 0.915. The minimum absolute atomic E-state index is 0. The van der Waals surface area contributed by atoms with Crippen molar-refractivity contribution in [3.05, 3.63) is 6.61 Å². The molecule has 1 saturated heterocycles. The molecule has 12 heavy (non-hydrogen) atoms. The number of rotatable bonds is 1. The summed E-state index contributed by atoms with van der Waals surface area (Å²) in [6.07, 6.45) is -4.54. The molecular weight excluding hydrogens is 208 g/mol. The Bertz CT molecular complexity index is 131. The molecule has 6 heteroatoms. The van der Waals surface area contributed by atoms with E-state index < -0.39 is 24.4 Å². The van der Waals surface area contributed by atoms with Gasteiger partial charge in [0.05, 0.1) is 18.8 Å². The maximum atomic E-state index is 9.09. The van der Waals surface area contributed by atoms with Crippen LogP contribution < -0.4 is 0 Å². The van der Waals surface area contributed by atoms with Crippen molar-refractivity contribution in [2.24, 2.45) is 0 Å². The normalized spacial score (nSPS) is 42.0. The van der Waals surface area contributed by atoms with Crippen molar-refractivity contribution in [3.63, 3.8) is 0 Å². The van der Waals surface area contributed by atoms with Crippen LogP contribution in [0, 0.1) is 6.61 Å². The molecule has 5 nitrogen and oxygen atoms in total. The van der Waals surface area contributed by atoms with E-state index in [1.165, 1.54) is 0 Å². The summed E-state index contributed by atoms with van der Waals surface area (Å²) in [5.74, 6) is 0. The van der Waals surface area contributed by atoms with Crippen LogP contribution in [0.4, 0.5) is 0 Å². The van der Waals surface area contributed by atoms with E-state index in [4.69, 9.17) is 20.4 Å². The van der Waals surface area contributed by atoms with Crippen molar-refractivity contribution in [2.75, 3.05) is 6.61 Å². The maximum Gasteiger partial charge on any atom is 0.105 e. The SMILES string of the molecule is OC[C@H]1O[CH-][C@H](O)[C@@H](O)[C@@H]1O.[Fe]. The van der Waals surface area contributed by atoms with Gasteiger partial charge in [0, 0.05) is 17.1 Å². The predicted molar refractivity (Wildman–Crippen MR) is 34.3 cm³/mol. The van der Waals surface area contributed by atoms with Crippen molar-refractivity contribution >= 4 is 0 Å². The molecule has 0 aromatic carbocycles. The average molecular weight is 219 g/mol. The second-order valence-corrected chi connectivity index (χ2v) is 2.46. The third kappa shape index (κ3) is 2.40. The molecule has 1 aliphatic heterocycles. The summed E-state index contributed by atoms with van der Waals surface area (Å²) in [5.41, 5.74) is 0. The third-order valence-corrected chi connectivity index (χ3v) is 1.65. The maximum absolute atomic E-state index is 9.09. The summed E-state index contributed by atoms with van der Waals surface area (Å²) < 4.78 is 4.69. The monoisotopic (exact) mass is 219 g/mol. The van der Waals surface area contributed by atoms with E-state index in [-0.39, 0.29) is 23.7 Å². The zero-order chi connectivity index (χ0) is 8.43. The summed E-state index contributed by atoms with van der Waals surface area (Å²) in [6, 6.07) is 0. The van der Waals surface area contributed by atoms with Gasteiger partial charge < -0.3 is 25.2 Å². The first kappa shape index (κ1) is 12.3. The van der Waals surface area contributed by atoms with E-state index in [0.717, 1.165) is 6.61 Å². The fourth-order valence-electron chi connectivity index (χ4n) is 0.915. The van der Waals surface area contributed by atoms with Crippen molar-refractivity contribution in [3.8, 4) is 0 Å². The molecule has 0 unspecified atom stereocenters. The van der Waals surface area contributed by atoms with Crippen LogP contribution in [0.1, 0.15) is 0 Å². The molecule has 0 aliphatic carbocycles. The van der Waals surface area contributed by atoms with E-state index in [1.54, 1.807) is 0 Å². The zero-order valence-electron chi connectivity index (χ0n) is 6.14. The van der Waals surface area contributed by atoms with Crippen LogP contribution in [-0.4, -0.2) is 51.4 Å². The quantitative estimate of drug-likeness (QED) is 0.292. The molecule has 74 valence electrons. The molecule has 0 amide bonds. The van der Waals surface area contributed by atoms with Crippen molar-refractivity contribution in [2.45, 2.75) is 24.4 Å². The van der Waals surface area contributed by atoms with E-state index >= 15 is 0 Å². The second kappa shape index (κ2) is 5.14. The Hall–Kier alpha value is 0.319. The van der Waals surface area contributed by atoms with Gasteiger partial charge in [0.2, 0.25) is 0 Å². The summed E-state index contributed by atoms with van der Waals surface area (Å²) in [5, 5.41) is 35.6. The van der Waals surface area contributed by atoms with Gasteiger partial charge in [-0.2, -0.15) is 6.61 Å². The van der Waals surface area contributed by atoms with Crippen LogP contribution in [0.3, 0.4) is 0 Å². The van der Waals surface area contributed by atoms with Crippen LogP contribution in [0.2, 0.25) is 0 Å². The smallest absolute Gasteiger partial charge is 0.105 e. The number of aliphatic hydroxyl groups excluding tert-OH is 4. The molecule has 1 aliphatic rings. The van der Waals surface area contributed by atoms with E-state index in [0.29, 0.717) is 0 Å². The minimum Gasteiger partial charge on any atom is -0.544 e. The molecule has 1 rings (SSSR count). The Morgan fingerprint density at radius 2 is 1.75 bits per heavy atom. The molecule has 0 aromatic rings. The third-order valence-electron chi connectivity index (χ3n) is 1.65. The van der Waals surface area contributed by atoms with E-state index in [9.17, 15) is 0 Å². The van der Waals surface area contributed by atoms with Gasteiger partial charge in [-0.1, -0.05) is 0 Å². The Morgan fingerprint density at radius 3 is 2.25 bits per heavy atom. The first-order chi connectivity index (χ1) is 5.16. The molecular formula is C6H11FeO5-. The van der Waals surface area contributed by atoms with Gasteiger partial charge in [-0.3, -0.25) is 0 Å². The number of ether oxygens (including phenoxy) is 1. The van der Waals surface area contributed by atoms with Gasteiger partial charge in [-0.25, -0.2) is 0 Å². The van der Waals surface area contributed by atoms with Gasteiger partial charge in [0.25, 0.3) is 0 Å². The first-order valence-electron chi connectivity index (χ1n) is 3.30. The van der Waals surface area contributed by atoms with Gasteiger partial charge in [-0.05, 0) is 6.10 Å². The number of hydrogen-bond donors (Lipinski definition) is 4. The first-order valence-corrected chi connectivity index (χ1v) is 3.30. The molecule has 0 bridgehead atoms. The van der Waals surface area contributed by atoms with Crippen molar-refractivity contribution in [1.29, 1.82) is 0 Å². The van der Waals surface area contributed by atoms with Crippen LogP contribution in [0.15, 0.2) is 0 Å². The van der Waals surface area contributed by atoms with Crippen LogP contribution in [-0.2, 0) is 21.8 Å². The Balaban J connectivity index is 0.00000121. The van der Waals surface area contributed by atoms with Gasteiger partial charge in [0.1, 0.15) is 6.10 Å². The topological polar surface area (TPSA) is 90.2 Å². The molecule has 1 fully saturated rings. The van der Waals surface area contributed by atoms with Crippen LogP contribution in [0.25, 0.3) is 0 Å². The second-order valence-electron chi connectivity index (χ2n) is 2.46. The molecule has 1 heterocycles. The molecule has 4 N–H and O–H groups in total. The van der Waals surface area contributed by atoms with Crippen LogP contribution >= 0.6 is 0 Å². The predicted octanol–water partition coefficient (Wildman–Crippen LogP) is -2.38. The molecule has 0 radical (unpaired) electrons.